The van der Waals surface area contributed by atoms with Crippen molar-refractivity contribution in [2.75, 3.05) is 33.4 Å². The summed E-state index contributed by atoms with van der Waals surface area (Å²) in [5.41, 5.74) is -0.496. The van der Waals surface area contributed by atoms with Crippen LogP contribution in [0, 0.1) is 0 Å². The highest BCUT2D eigenvalue weighted by molar-refractivity contribution is 5.68. The number of hydrogen-bond donors (Lipinski definition) is 2. The predicted molar refractivity (Wildman–Crippen MR) is 80.0 cm³/mol. The normalized spacial score (nSPS) is 11.4. The maximum Gasteiger partial charge on any atom is 0.410 e. The first-order valence-electron chi connectivity index (χ1n) is 7.08. The van der Waals surface area contributed by atoms with E-state index >= 15 is 0 Å². The van der Waals surface area contributed by atoms with E-state index in [1.54, 1.807) is 24.4 Å². The monoisotopic (exact) mass is 298 g/mol. The van der Waals surface area contributed by atoms with Gasteiger partial charge in [-0.1, -0.05) is 0 Å². The summed E-state index contributed by atoms with van der Waals surface area (Å²) < 4.78 is 10.4. The summed E-state index contributed by atoms with van der Waals surface area (Å²) in [6.45, 7) is 8.41. The molecule has 0 saturated heterocycles. The van der Waals surface area contributed by atoms with Crippen LogP contribution in [0.15, 0.2) is 12.4 Å². The average molecular weight is 298 g/mol. The van der Waals surface area contributed by atoms with Gasteiger partial charge in [-0.05, 0) is 20.8 Å². The van der Waals surface area contributed by atoms with Crippen LogP contribution in [0.3, 0.4) is 0 Å². The van der Waals surface area contributed by atoms with Crippen molar-refractivity contribution in [2.45, 2.75) is 32.9 Å². The second kappa shape index (κ2) is 8.63. The second-order valence-corrected chi connectivity index (χ2v) is 5.67. The van der Waals surface area contributed by atoms with Gasteiger partial charge in [0, 0.05) is 39.1 Å². The van der Waals surface area contributed by atoms with Crippen molar-refractivity contribution in [1.82, 2.24) is 20.2 Å². The number of carbonyl (C=O) groups excluding carboxylic acids is 1. The van der Waals surface area contributed by atoms with E-state index in [2.05, 4.69) is 15.3 Å². The zero-order chi connectivity index (χ0) is 15.7. The van der Waals surface area contributed by atoms with Crippen LogP contribution in [0.25, 0.3) is 0 Å². The number of nitrogens with zero attached hydrogens (tertiary/aromatic N) is 2. The number of ether oxygens (including phenoxy) is 2. The van der Waals surface area contributed by atoms with Gasteiger partial charge in [-0.2, -0.15) is 0 Å². The van der Waals surface area contributed by atoms with Crippen molar-refractivity contribution >= 4 is 6.09 Å². The van der Waals surface area contributed by atoms with Gasteiger partial charge >= 0.3 is 6.09 Å². The Bertz CT molecular complexity index is 401. The molecule has 7 nitrogen and oxygen atoms in total. The van der Waals surface area contributed by atoms with E-state index in [1.165, 1.54) is 0 Å². The zero-order valence-electron chi connectivity index (χ0n) is 13.3. The lowest BCUT2D eigenvalue weighted by molar-refractivity contribution is 0.0204. The standard InChI is InChI=1S/C14H26N4O3/c1-14(2,3)21-13(19)18(9-10-20-4)8-7-15-11-12-16-5-6-17-12/h5-6,15H,7-11H2,1-4H3,(H,16,17). The molecule has 0 aliphatic heterocycles. The van der Waals surface area contributed by atoms with E-state index in [0.717, 1.165) is 5.82 Å². The number of methoxy groups -OCH3 is 1. The van der Waals surface area contributed by atoms with Crippen LogP contribution in [-0.2, 0) is 16.0 Å². The molecule has 1 aromatic heterocycles. The molecule has 1 amide bonds. The lowest BCUT2D eigenvalue weighted by Crippen LogP contribution is -2.42. The van der Waals surface area contributed by atoms with Gasteiger partial charge in [0.1, 0.15) is 11.4 Å². The quantitative estimate of drug-likeness (QED) is 0.709. The highest BCUT2D eigenvalue weighted by atomic mass is 16.6. The molecule has 120 valence electrons. The van der Waals surface area contributed by atoms with Gasteiger partial charge < -0.3 is 24.7 Å². The first-order valence-corrected chi connectivity index (χ1v) is 7.08. The van der Waals surface area contributed by atoms with E-state index in [-0.39, 0.29) is 6.09 Å². The third kappa shape index (κ3) is 7.67. The van der Waals surface area contributed by atoms with Crippen molar-refractivity contribution in [3.05, 3.63) is 18.2 Å². The van der Waals surface area contributed by atoms with Gasteiger partial charge in [0.2, 0.25) is 0 Å². The molecule has 1 rings (SSSR count). The molecule has 2 N–H and O–H groups in total. The molecular weight excluding hydrogens is 272 g/mol. The minimum absolute atomic E-state index is 0.320. The van der Waals surface area contributed by atoms with Gasteiger partial charge in [-0.25, -0.2) is 9.78 Å². The molecule has 0 fully saturated rings. The maximum absolute atomic E-state index is 12.1. The first-order chi connectivity index (χ1) is 9.92. The SMILES string of the molecule is COCCN(CCNCc1ncc[nH]1)C(=O)OC(C)(C)C. The van der Waals surface area contributed by atoms with Crippen LogP contribution < -0.4 is 5.32 Å². The fourth-order valence-electron chi connectivity index (χ4n) is 1.64. The van der Waals surface area contributed by atoms with Gasteiger partial charge in [0.15, 0.2) is 0 Å². The zero-order valence-corrected chi connectivity index (χ0v) is 13.3. The number of amides is 1. The van der Waals surface area contributed by atoms with E-state index in [0.29, 0.717) is 32.8 Å². The second-order valence-electron chi connectivity index (χ2n) is 5.67. The summed E-state index contributed by atoms with van der Waals surface area (Å²) in [6.07, 6.45) is 3.17. The molecule has 0 saturated carbocycles. The summed E-state index contributed by atoms with van der Waals surface area (Å²) in [7, 11) is 1.61. The Morgan fingerprint density at radius 2 is 2.19 bits per heavy atom. The number of H-pyrrole nitrogens is 1. The molecule has 1 aromatic rings. The van der Waals surface area contributed by atoms with Crippen molar-refractivity contribution in [3.8, 4) is 0 Å². The third-order valence-electron chi connectivity index (χ3n) is 2.62. The summed E-state index contributed by atoms with van der Waals surface area (Å²) >= 11 is 0. The Kier molecular flexibility index (Phi) is 7.18. The molecule has 21 heavy (non-hydrogen) atoms. The number of rotatable bonds is 8. The minimum atomic E-state index is -0.496. The Morgan fingerprint density at radius 3 is 2.76 bits per heavy atom. The molecule has 7 heteroatoms. The fraction of sp³-hybridized carbons (Fsp3) is 0.714. The highest BCUT2D eigenvalue weighted by Crippen LogP contribution is 2.09. The first kappa shape index (κ1) is 17.5. The molecule has 0 aliphatic carbocycles. The Labute approximate surface area is 126 Å². The number of nitrogens with one attached hydrogen (secondary N) is 2. The molecule has 1 heterocycles. The Hall–Kier alpha value is -1.60. The molecule has 0 aromatic carbocycles. The Morgan fingerprint density at radius 1 is 1.43 bits per heavy atom. The van der Waals surface area contributed by atoms with Crippen LogP contribution in [0.4, 0.5) is 4.79 Å². The lowest BCUT2D eigenvalue weighted by atomic mass is 10.2. The highest BCUT2D eigenvalue weighted by Gasteiger charge is 2.21. The molecule has 0 radical (unpaired) electrons. The lowest BCUT2D eigenvalue weighted by Gasteiger charge is -2.27. The van der Waals surface area contributed by atoms with Crippen LogP contribution in [0.5, 0.6) is 0 Å². The van der Waals surface area contributed by atoms with E-state index < -0.39 is 5.60 Å². The summed E-state index contributed by atoms with van der Waals surface area (Å²) in [5, 5.41) is 3.23. The summed E-state index contributed by atoms with van der Waals surface area (Å²) in [4.78, 5) is 20.9. The number of aromatic amines is 1. The topological polar surface area (TPSA) is 79.5 Å². The van der Waals surface area contributed by atoms with Crippen LogP contribution >= 0.6 is 0 Å². The number of imidazole rings is 1. The van der Waals surface area contributed by atoms with E-state index in [4.69, 9.17) is 9.47 Å². The number of aromatic nitrogens is 2. The van der Waals surface area contributed by atoms with Crippen LogP contribution in [0.1, 0.15) is 26.6 Å². The van der Waals surface area contributed by atoms with Gasteiger partial charge in [-0.15, -0.1) is 0 Å². The largest absolute Gasteiger partial charge is 0.444 e. The predicted octanol–water partition coefficient (Wildman–Crippen LogP) is 1.38. The van der Waals surface area contributed by atoms with Crippen molar-refractivity contribution in [3.63, 3.8) is 0 Å². The molecule has 0 unspecified atom stereocenters. The van der Waals surface area contributed by atoms with E-state index in [1.807, 2.05) is 20.8 Å². The molecule has 0 atom stereocenters. The van der Waals surface area contributed by atoms with Gasteiger partial charge in [0.05, 0.1) is 13.2 Å². The van der Waals surface area contributed by atoms with Gasteiger partial charge in [-0.3, -0.25) is 0 Å². The van der Waals surface area contributed by atoms with Gasteiger partial charge in [0.25, 0.3) is 0 Å². The smallest absolute Gasteiger partial charge is 0.410 e. The van der Waals surface area contributed by atoms with Crippen LogP contribution in [0.2, 0.25) is 0 Å². The molecule has 0 bridgehead atoms. The molecule has 0 aliphatic rings. The molecule has 0 spiro atoms. The Balaban J connectivity index is 2.36. The molecular formula is C14H26N4O3. The third-order valence-corrected chi connectivity index (χ3v) is 2.62. The van der Waals surface area contributed by atoms with E-state index in [9.17, 15) is 4.79 Å². The number of hydrogen-bond acceptors (Lipinski definition) is 5. The fourth-order valence-corrected chi connectivity index (χ4v) is 1.64. The van der Waals surface area contributed by atoms with Crippen molar-refractivity contribution < 1.29 is 14.3 Å². The van der Waals surface area contributed by atoms with Crippen molar-refractivity contribution in [2.24, 2.45) is 0 Å². The van der Waals surface area contributed by atoms with Crippen molar-refractivity contribution in [1.29, 1.82) is 0 Å². The minimum Gasteiger partial charge on any atom is -0.444 e. The average Bonchev–Trinajstić information content (AvgIpc) is 2.88. The van der Waals surface area contributed by atoms with Crippen LogP contribution in [-0.4, -0.2) is 59.9 Å². The maximum atomic E-state index is 12.1. The number of carbonyl (C=O) groups is 1. The summed E-state index contributed by atoms with van der Waals surface area (Å²) in [5.74, 6) is 0.871. The summed E-state index contributed by atoms with van der Waals surface area (Å²) in [6, 6.07) is 0.